The Labute approximate surface area is 154 Å². The Bertz CT molecular complexity index is 628. The molecule has 1 aromatic carbocycles. The van der Waals surface area contributed by atoms with E-state index in [0.717, 1.165) is 12.8 Å². The van der Waals surface area contributed by atoms with Crippen LogP contribution in [0.25, 0.3) is 0 Å². The third-order valence-electron chi connectivity index (χ3n) is 2.93. The van der Waals surface area contributed by atoms with E-state index in [4.69, 9.17) is 27.9 Å². The van der Waals surface area contributed by atoms with Gasteiger partial charge in [-0.05, 0) is 24.1 Å². The summed E-state index contributed by atoms with van der Waals surface area (Å²) in [5.41, 5.74) is 0.472. The van der Waals surface area contributed by atoms with Crippen LogP contribution in [0, 0.1) is 0 Å². The van der Waals surface area contributed by atoms with E-state index in [0.29, 0.717) is 18.2 Å². The second kappa shape index (κ2) is 8.51. The van der Waals surface area contributed by atoms with Crippen LogP contribution in [-0.4, -0.2) is 31.0 Å². The molecule has 0 unspecified atom stereocenters. The zero-order chi connectivity index (χ0) is 20.2. The minimum atomic E-state index is -6.46. The van der Waals surface area contributed by atoms with E-state index >= 15 is 0 Å². The van der Waals surface area contributed by atoms with Crippen LogP contribution in [0.2, 0.25) is 10.0 Å². The van der Waals surface area contributed by atoms with Crippen molar-refractivity contribution >= 4 is 29.4 Å². The summed E-state index contributed by atoms with van der Waals surface area (Å²) in [6.07, 6.45) is -4.32. The molecule has 0 saturated heterocycles. The number of hydrogen-bond acceptors (Lipinski definition) is 3. The minimum absolute atomic E-state index is 0.0116. The molecule has 1 aromatic rings. The van der Waals surface area contributed by atoms with Crippen LogP contribution in [0.5, 0.6) is 5.75 Å². The monoisotopic (exact) mass is 428 g/mol. The standard InChI is InChI=1S/C14H13Cl2F7N2O/c1-2-3-4-26-11-9(15)5-8(6-10(11)16)7-24-25-14(22,23)12(17,18)13(19,20)21/h5-7,25H,2-4H2,1H3/b24-7+. The number of hydrazone groups is 1. The van der Waals surface area contributed by atoms with Gasteiger partial charge in [0.05, 0.1) is 22.9 Å². The van der Waals surface area contributed by atoms with Gasteiger partial charge in [-0.3, -0.25) is 0 Å². The highest BCUT2D eigenvalue weighted by molar-refractivity contribution is 6.37. The second-order valence-corrected chi connectivity index (χ2v) is 5.85. The van der Waals surface area contributed by atoms with E-state index in [1.807, 2.05) is 6.92 Å². The molecular formula is C14H13Cl2F7N2O. The highest BCUT2D eigenvalue weighted by Crippen LogP contribution is 2.45. The van der Waals surface area contributed by atoms with E-state index < -0.39 is 18.1 Å². The first-order valence-corrected chi connectivity index (χ1v) is 7.83. The lowest BCUT2D eigenvalue weighted by Crippen LogP contribution is -2.58. The number of nitrogens with one attached hydrogen (secondary N) is 1. The van der Waals surface area contributed by atoms with Gasteiger partial charge in [-0.1, -0.05) is 36.5 Å². The van der Waals surface area contributed by atoms with Crippen molar-refractivity contribution < 1.29 is 35.5 Å². The van der Waals surface area contributed by atoms with Gasteiger partial charge in [0, 0.05) is 0 Å². The smallest absolute Gasteiger partial charge is 0.462 e. The molecule has 1 N–H and O–H groups in total. The first-order valence-electron chi connectivity index (χ1n) is 7.08. The van der Waals surface area contributed by atoms with Crippen LogP contribution in [0.1, 0.15) is 25.3 Å². The van der Waals surface area contributed by atoms with Gasteiger partial charge >= 0.3 is 18.1 Å². The van der Waals surface area contributed by atoms with Crippen molar-refractivity contribution in [1.82, 2.24) is 5.43 Å². The fraction of sp³-hybridized carbons (Fsp3) is 0.500. The lowest BCUT2D eigenvalue weighted by molar-refractivity contribution is -0.361. The first-order chi connectivity index (χ1) is 11.8. The summed E-state index contributed by atoms with van der Waals surface area (Å²) in [4.78, 5) is 0. The summed E-state index contributed by atoms with van der Waals surface area (Å²) in [7, 11) is 0. The normalized spacial score (nSPS) is 13.3. The van der Waals surface area contributed by atoms with E-state index in [1.54, 1.807) is 0 Å². The van der Waals surface area contributed by atoms with Crippen molar-refractivity contribution in [3.63, 3.8) is 0 Å². The van der Waals surface area contributed by atoms with Crippen molar-refractivity contribution in [1.29, 1.82) is 0 Å². The predicted octanol–water partition coefficient (Wildman–Crippen LogP) is 5.89. The number of nitrogens with zero attached hydrogens (tertiary/aromatic N) is 1. The van der Waals surface area contributed by atoms with Crippen molar-refractivity contribution in [2.75, 3.05) is 6.61 Å². The third kappa shape index (κ3) is 5.29. The maximum atomic E-state index is 13.0. The molecule has 0 heterocycles. The van der Waals surface area contributed by atoms with E-state index in [-0.39, 0.29) is 21.4 Å². The van der Waals surface area contributed by atoms with Gasteiger partial charge in [-0.15, -0.1) is 0 Å². The number of hydrogen-bond donors (Lipinski definition) is 1. The number of ether oxygens (including phenoxy) is 1. The number of alkyl halides is 7. The molecular weight excluding hydrogens is 416 g/mol. The fourth-order valence-electron chi connectivity index (χ4n) is 1.55. The van der Waals surface area contributed by atoms with Gasteiger partial charge in [-0.2, -0.15) is 35.8 Å². The second-order valence-electron chi connectivity index (χ2n) is 5.03. The topological polar surface area (TPSA) is 33.6 Å². The van der Waals surface area contributed by atoms with Crippen LogP contribution in [0.4, 0.5) is 30.7 Å². The maximum Gasteiger partial charge on any atom is 0.462 e. The first kappa shape index (κ1) is 22.6. The van der Waals surface area contributed by atoms with Gasteiger partial charge in [0.2, 0.25) is 0 Å². The summed E-state index contributed by atoms with van der Waals surface area (Å²) in [5.74, 6) is -6.19. The zero-order valence-electron chi connectivity index (χ0n) is 13.1. The number of benzene rings is 1. The summed E-state index contributed by atoms with van der Waals surface area (Å²) >= 11 is 11.8. The van der Waals surface area contributed by atoms with Gasteiger partial charge in [0.1, 0.15) is 0 Å². The molecule has 3 nitrogen and oxygen atoms in total. The van der Waals surface area contributed by atoms with Crippen molar-refractivity contribution in [2.45, 2.75) is 37.9 Å². The lowest BCUT2D eigenvalue weighted by Gasteiger charge is -2.27. The minimum Gasteiger partial charge on any atom is -0.490 e. The summed E-state index contributed by atoms with van der Waals surface area (Å²) in [6, 6.07) is -3.32. The Morgan fingerprint density at radius 2 is 1.62 bits per heavy atom. The average Bonchev–Trinajstić information content (AvgIpc) is 2.48. The number of halogens is 9. The summed E-state index contributed by atoms with van der Waals surface area (Å²) in [5, 5.41) is 2.69. The van der Waals surface area contributed by atoms with Gasteiger partial charge in [-0.25, -0.2) is 5.43 Å². The fourth-order valence-corrected chi connectivity index (χ4v) is 2.16. The molecule has 26 heavy (non-hydrogen) atoms. The molecule has 0 aliphatic carbocycles. The highest BCUT2D eigenvalue weighted by atomic mass is 35.5. The average molecular weight is 429 g/mol. The van der Waals surface area contributed by atoms with Gasteiger partial charge in [0.15, 0.2) is 5.75 Å². The van der Waals surface area contributed by atoms with Crippen LogP contribution >= 0.6 is 23.2 Å². The van der Waals surface area contributed by atoms with Crippen molar-refractivity contribution in [3.05, 3.63) is 27.7 Å². The van der Waals surface area contributed by atoms with Crippen LogP contribution in [0.3, 0.4) is 0 Å². The Balaban J connectivity index is 2.89. The Hall–Kier alpha value is -1.42. The third-order valence-corrected chi connectivity index (χ3v) is 3.50. The molecule has 1 rings (SSSR count). The molecule has 0 saturated carbocycles. The van der Waals surface area contributed by atoms with Crippen LogP contribution in [-0.2, 0) is 0 Å². The molecule has 0 fully saturated rings. The van der Waals surface area contributed by atoms with Gasteiger partial charge < -0.3 is 4.74 Å². The quantitative estimate of drug-likeness (QED) is 0.184. The molecule has 0 radical (unpaired) electrons. The summed E-state index contributed by atoms with van der Waals surface area (Å²) in [6.45, 7) is 2.25. The Morgan fingerprint density at radius 1 is 1.08 bits per heavy atom. The van der Waals surface area contributed by atoms with E-state index in [1.165, 1.54) is 12.1 Å². The number of rotatable bonds is 8. The lowest BCUT2D eigenvalue weighted by atomic mass is 10.2. The molecule has 12 heteroatoms. The largest absolute Gasteiger partial charge is 0.490 e. The van der Waals surface area contributed by atoms with Crippen molar-refractivity contribution in [3.8, 4) is 5.75 Å². The molecule has 0 aliphatic rings. The molecule has 0 spiro atoms. The highest BCUT2D eigenvalue weighted by Gasteiger charge is 2.73. The number of unbranched alkanes of at least 4 members (excludes halogenated alkanes) is 1. The maximum absolute atomic E-state index is 13.0. The molecule has 0 aliphatic heterocycles. The molecule has 148 valence electrons. The predicted molar refractivity (Wildman–Crippen MR) is 83.5 cm³/mol. The molecule has 0 amide bonds. The van der Waals surface area contributed by atoms with Gasteiger partial charge in [0.25, 0.3) is 0 Å². The molecule has 0 aromatic heterocycles. The SMILES string of the molecule is CCCCOc1c(Cl)cc(/C=N/NC(F)(F)C(F)(F)C(F)(F)F)cc1Cl. The zero-order valence-corrected chi connectivity index (χ0v) is 14.6. The Kier molecular flexibility index (Phi) is 7.41. The van der Waals surface area contributed by atoms with Crippen LogP contribution in [0.15, 0.2) is 17.2 Å². The van der Waals surface area contributed by atoms with Crippen molar-refractivity contribution in [2.24, 2.45) is 5.10 Å². The van der Waals surface area contributed by atoms with Crippen LogP contribution < -0.4 is 10.2 Å². The molecule has 0 atom stereocenters. The van der Waals surface area contributed by atoms with E-state index in [9.17, 15) is 30.7 Å². The summed E-state index contributed by atoms with van der Waals surface area (Å²) < 4.78 is 92.7. The van der Waals surface area contributed by atoms with E-state index in [2.05, 4.69) is 5.10 Å². The molecule has 0 bridgehead atoms. The Morgan fingerprint density at radius 3 is 2.08 bits per heavy atom.